The van der Waals surface area contributed by atoms with Gasteiger partial charge in [-0.15, -0.1) is 6.58 Å². The predicted octanol–water partition coefficient (Wildman–Crippen LogP) is 3.53. The molecule has 1 aromatic carbocycles. The Balaban J connectivity index is 2.99. The Morgan fingerprint density at radius 2 is 1.89 bits per heavy atom. The number of ketones is 1. The van der Waals surface area contributed by atoms with Crippen molar-refractivity contribution >= 4 is 5.78 Å². The largest absolute Gasteiger partial charge is 0.388 e. The lowest BCUT2D eigenvalue weighted by atomic mass is 9.77. The normalized spacial score (nSPS) is 14.9. The molecule has 2 nitrogen and oxygen atoms in total. The van der Waals surface area contributed by atoms with E-state index in [1.807, 2.05) is 51.1 Å². The van der Waals surface area contributed by atoms with Gasteiger partial charge in [0.05, 0.1) is 12.0 Å². The van der Waals surface area contributed by atoms with E-state index in [0.29, 0.717) is 6.42 Å². The highest BCUT2D eigenvalue weighted by molar-refractivity contribution is 5.86. The smallest absolute Gasteiger partial charge is 0.144 e. The lowest BCUT2D eigenvalue weighted by Gasteiger charge is -2.27. The average Bonchev–Trinajstić information content (AvgIpc) is 2.34. The zero-order valence-electron chi connectivity index (χ0n) is 11.4. The molecule has 0 bridgehead atoms. The first kappa shape index (κ1) is 14.7. The van der Waals surface area contributed by atoms with Crippen LogP contribution >= 0.6 is 0 Å². The number of Topliss-reactive ketones (excluding diaryl/α,β-unsaturated/α-hetero) is 1. The Morgan fingerprint density at radius 1 is 1.33 bits per heavy atom. The molecule has 1 rings (SSSR count). The highest BCUT2D eigenvalue weighted by atomic mass is 16.3. The van der Waals surface area contributed by atoms with Crippen LogP contribution in [0.15, 0.2) is 43.0 Å². The van der Waals surface area contributed by atoms with Gasteiger partial charge in [0.25, 0.3) is 0 Å². The van der Waals surface area contributed by atoms with Crippen molar-refractivity contribution < 1.29 is 9.90 Å². The van der Waals surface area contributed by atoms with Crippen LogP contribution in [0.4, 0.5) is 0 Å². The van der Waals surface area contributed by atoms with Crippen molar-refractivity contribution in [3.05, 3.63) is 48.6 Å². The van der Waals surface area contributed by atoms with E-state index >= 15 is 0 Å². The molecule has 0 saturated carbocycles. The van der Waals surface area contributed by atoms with Gasteiger partial charge in [0.15, 0.2) is 0 Å². The first-order valence-electron chi connectivity index (χ1n) is 6.26. The van der Waals surface area contributed by atoms with E-state index in [2.05, 4.69) is 6.58 Å². The van der Waals surface area contributed by atoms with Crippen molar-refractivity contribution in [1.82, 2.24) is 0 Å². The van der Waals surface area contributed by atoms with E-state index in [1.165, 1.54) is 0 Å². The molecule has 0 aliphatic rings. The molecule has 18 heavy (non-hydrogen) atoms. The van der Waals surface area contributed by atoms with Crippen LogP contribution < -0.4 is 0 Å². The Bertz CT molecular complexity index is 401. The number of hydrogen-bond acceptors (Lipinski definition) is 2. The zero-order valence-corrected chi connectivity index (χ0v) is 11.4. The lowest BCUT2D eigenvalue weighted by Crippen LogP contribution is -2.32. The third-order valence-corrected chi connectivity index (χ3v) is 3.02. The van der Waals surface area contributed by atoms with Gasteiger partial charge in [0.2, 0.25) is 0 Å². The Morgan fingerprint density at radius 3 is 2.33 bits per heavy atom. The van der Waals surface area contributed by atoms with E-state index in [-0.39, 0.29) is 5.78 Å². The summed E-state index contributed by atoms with van der Waals surface area (Å²) in [6, 6.07) is 9.31. The van der Waals surface area contributed by atoms with Crippen molar-refractivity contribution in [2.45, 2.75) is 33.3 Å². The molecule has 0 heterocycles. The van der Waals surface area contributed by atoms with Crippen molar-refractivity contribution in [2.24, 2.45) is 11.3 Å². The summed E-state index contributed by atoms with van der Waals surface area (Å²) < 4.78 is 0. The summed E-state index contributed by atoms with van der Waals surface area (Å²) in [5.41, 5.74) is 0.325. The molecule has 0 aliphatic carbocycles. The van der Waals surface area contributed by atoms with Gasteiger partial charge in [-0.3, -0.25) is 4.79 Å². The number of hydrogen-bond donors (Lipinski definition) is 1. The first-order chi connectivity index (χ1) is 8.38. The summed E-state index contributed by atoms with van der Waals surface area (Å²) in [7, 11) is 0. The van der Waals surface area contributed by atoms with Gasteiger partial charge >= 0.3 is 0 Å². The van der Waals surface area contributed by atoms with E-state index in [4.69, 9.17) is 0 Å². The maximum Gasteiger partial charge on any atom is 0.144 e. The van der Waals surface area contributed by atoms with Crippen LogP contribution in [0.25, 0.3) is 0 Å². The molecule has 0 aliphatic heterocycles. The fourth-order valence-electron chi connectivity index (χ4n) is 2.00. The van der Waals surface area contributed by atoms with Crippen LogP contribution in [-0.4, -0.2) is 10.9 Å². The molecule has 2 atom stereocenters. The molecule has 0 fully saturated rings. The second kappa shape index (κ2) is 5.96. The monoisotopic (exact) mass is 246 g/mol. The minimum atomic E-state index is -0.768. The van der Waals surface area contributed by atoms with Gasteiger partial charge in [-0.1, -0.05) is 57.2 Å². The van der Waals surface area contributed by atoms with Crippen molar-refractivity contribution in [2.75, 3.05) is 0 Å². The zero-order chi connectivity index (χ0) is 13.8. The van der Waals surface area contributed by atoms with E-state index in [9.17, 15) is 9.90 Å². The second-order valence-corrected chi connectivity index (χ2v) is 5.60. The van der Waals surface area contributed by atoms with Gasteiger partial charge < -0.3 is 5.11 Å². The summed E-state index contributed by atoms with van der Waals surface area (Å²) in [5.74, 6) is -0.358. The number of carbonyl (C=O) groups excluding carboxylic acids is 1. The first-order valence-corrected chi connectivity index (χ1v) is 6.26. The number of aliphatic hydroxyl groups excluding tert-OH is 1. The number of aliphatic hydroxyl groups is 1. The summed E-state index contributed by atoms with van der Waals surface area (Å²) in [5, 5.41) is 10.4. The summed E-state index contributed by atoms with van der Waals surface area (Å²) in [6.07, 6.45) is 1.42. The molecular formula is C16H22O2. The standard InChI is InChI=1S/C16H22O2/c1-5-9-13(15(18)16(2,3)4)14(17)12-10-7-6-8-11-12/h5-8,10-11,13-14,17H,1,9H2,2-4H3/t13-,14+/m0/s1. The molecule has 0 amide bonds. The Kier molecular flexibility index (Phi) is 4.85. The van der Waals surface area contributed by atoms with E-state index in [0.717, 1.165) is 5.56 Å². The van der Waals surface area contributed by atoms with E-state index in [1.54, 1.807) is 6.08 Å². The van der Waals surface area contributed by atoms with Crippen LogP contribution in [-0.2, 0) is 4.79 Å². The van der Waals surface area contributed by atoms with Crippen LogP contribution in [0, 0.1) is 11.3 Å². The number of rotatable bonds is 5. The molecule has 1 N–H and O–H groups in total. The molecule has 0 radical (unpaired) electrons. The van der Waals surface area contributed by atoms with Gasteiger partial charge in [0, 0.05) is 5.41 Å². The maximum absolute atomic E-state index is 12.4. The van der Waals surface area contributed by atoms with Crippen LogP contribution in [0.3, 0.4) is 0 Å². The van der Waals surface area contributed by atoms with E-state index < -0.39 is 17.4 Å². The lowest BCUT2D eigenvalue weighted by molar-refractivity contribution is -0.134. The van der Waals surface area contributed by atoms with Crippen LogP contribution in [0.2, 0.25) is 0 Å². The van der Waals surface area contributed by atoms with Crippen molar-refractivity contribution in [3.63, 3.8) is 0 Å². The van der Waals surface area contributed by atoms with Crippen LogP contribution in [0.1, 0.15) is 38.9 Å². The predicted molar refractivity (Wildman–Crippen MR) is 74.2 cm³/mol. The molecule has 2 heteroatoms. The summed E-state index contributed by atoms with van der Waals surface area (Å²) in [6.45, 7) is 9.31. The molecule has 0 spiro atoms. The van der Waals surface area contributed by atoms with Gasteiger partial charge in [0.1, 0.15) is 5.78 Å². The molecule has 0 aromatic heterocycles. The Hall–Kier alpha value is -1.41. The SMILES string of the molecule is C=CC[C@H](C(=O)C(C)(C)C)[C@H](O)c1ccccc1. The maximum atomic E-state index is 12.4. The van der Waals surface area contributed by atoms with Gasteiger partial charge in [-0.05, 0) is 12.0 Å². The third kappa shape index (κ3) is 3.54. The average molecular weight is 246 g/mol. The van der Waals surface area contributed by atoms with Crippen LogP contribution in [0.5, 0.6) is 0 Å². The molecule has 0 unspecified atom stereocenters. The topological polar surface area (TPSA) is 37.3 Å². The van der Waals surface area contributed by atoms with Gasteiger partial charge in [-0.2, -0.15) is 0 Å². The highest BCUT2D eigenvalue weighted by Crippen LogP contribution is 2.32. The molecule has 0 saturated heterocycles. The second-order valence-electron chi connectivity index (χ2n) is 5.60. The minimum absolute atomic E-state index is 0.0683. The summed E-state index contributed by atoms with van der Waals surface area (Å²) in [4.78, 5) is 12.4. The third-order valence-electron chi connectivity index (χ3n) is 3.02. The fourth-order valence-corrected chi connectivity index (χ4v) is 2.00. The molecular weight excluding hydrogens is 224 g/mol. The van der Waals surface area contributed by atoms with Crippen molar-refractivity contribution in [1.29, 1.82) is 0 Å². The fraction of sp³-hybridized carbons (Fsp3) is 0.438. The molecule has 98 valence electrons. The number of allylic oxidation sites excluding steroid dienone is 1. The highest BCUT2D eigenvalue weighted by Gasteiger charge is 2.34. The molecule has 1 aromatic rings. The van der Waals surface area contributed by atoms with Gasteiger partial charge in [-0.25, -0.2) is 0 Å². The Labute approximate surface area is 109 Å². The number of carbonyl (C=O) groups is 1. The number of benzene rings is 1. The minimum Gasteiger partial charge on any atom is -0.388 e. The summed E-state index contributed by atoms with van der Waals surface area (Å²) >= 11 is 0. The quantitative estimate of drug-likeness (QED) is 0.807. The van der Waals surface area contributed by atoms with Crippen molar-refractivity contribution in [3.8, 4) is 0 Å².